The molecule has 0 saturated carbocycles. The second kappa shape index (κ2) is 8.28. The van der Waals surface area contributed by atoms with Crippen LogP contribution in [-0.2, 0) is 10.0 Å². The highest BCUT2D eigenvalue weighted by atomic mass is 32.2. The molecule has 0 saturated heterocycles. The molecule has 0 spiro atoms. The molecule has 3 rings (SSSR count). The number of ether oxygens (including phenoxy) is 2. The van der Waals surface area contributed by atoms with Crippen molar-refractivity contribution >= 4 is 26.7 Å². The Morgan fingerprint density at radius 2 is 1.71 bits per heavy atom. The summed E-state index contributed by atoms with van der Waals surface area (Å²) in [5, 5.41) is 1.71. The summed E-state index contributed by atoms with van der Waals surface area (Å²) >= 11 is 0. The Kier molecular flexibility index (Phi) is 5.81. The number of rotatable bonds is 7. The van der Waals surface area contributed by atoms with Gasteiger partial charge >= 0.3 is 0 Å². The number of methoxy groups -OCH3 is 1. The second-order valence-electron chi connectivity index (χ2n) is 5.87. The van der Waals surface area contributed by atoms with Gasteiger partial charge in [-0.3, -0.25) is 10.2 Å². The van der Waals surface area contributed by atoms with Crippen molar-refractivity contribution in [2.45, 2.75) is 11.8 Å². The Labute approximate surface area is 163 Å². The van der Waals surface area contributed by atoms with E-state index >= 15 is 0 Å². The van der Waals surface area contributed by atoms with E-state index in [1.807, 2.05) is 31.2 Å². The Hall–Kier alpha value is -3.10. The third-order valence-corrected chi connectivity index (χ3v) is 5.30. The van der Waals surface area contributed by atoms with Crippen molar-refractivity contribution < 1.29 is 22.7 Å². The molecule has 0 aliphatic heterocycles. The topological polar surface area (TPSA) is 93.7 Å². The molecule has 0 aliphatic carbocycles. The minimum atomic E-state index is -3.93. The molecule has 0 atom stereocenters. The molecule has 7 nitrogen and oxygen atoms in total. The van der Waals surface area contributed by atoms with Crippen molar-refractivity contribution in [1.82, 2.24) is 10.3 Å². The highest BCUT2D eigenvalue weighted by Crippen LogP contribution is 2.28. The first-order valence-electron chi connectivity index (χ1n) is 8.56. The summed E-state index contributed by atoms with van der Waals surface area (Å²) in [6, 6.07) is 16.7. The Morgan fingerprint density at radius 3 is 2.43 bits per heavy atom. The Bertz CT molecular complexity index is 1110. The maximum absolute atomic E-state index is 12.5. The van der Waals surface area contributed by atoms with Crippen LogP contribution >= 0.6 is 0 Å². The van der Waals surface area contributed by atoms with Crippen LogP contribution in [0.3, 0.4) is 0 Å². The lowest BCUT2D eigenvalue weighted by Gasteiger charge is -2.12. The first kappa shape index (κ1) is 19.7. The quantitative estimate of drug-likeness (QED) is 0.595. The fraction of sp³-hybridized carbons (Fsp3) is 0.150. The number of amides is 1. The van der Waals surface area contributed by atoms with Crippen LogP contribution in [0.2, 0.25) is 0 Å². The van der Waals surface area contributed by atoms with Crippen LogP contribution < -0.4 is 19.7 Å². The molecular formula is C20H20N2O5S. The molecule has 0 heterocycles. The molecule has 146 valence electrons. The first-order valence-corrected chi connectivity index (χ1v) is 10.0. The predicted octanol–water partition coefficient (Wildman–Crippen LogP) is 2.87. The molecule has 1 amide bonds. The van der Waals surface area contributed by atoms with E-state index in [9.17, 15) is 13.2 Å². The first-order chi connectivity index (χ1) is 13.4. The predicted molar refractivity (Wildman–Crippen MR) is 106 cm³/mol. The van der Waals surface area contributed by atoms with Gasteiger partial charge in [-0.05, 0) is 48.0 Å². The van der Waals surface area contributed by atoms with Gasteiger partial charge in [-0.1, -0.05) is 30.3 Å². The monoisotopic (exact) mass is 400 g/mol. The lowest BCUT2D eigenvalue weighted by atomic mass is 10.1. The van der Waals surface area contributed by atoms with Crippen molar-refractivity contribution in [3.63, 3.8) is 0 Å². The van der Waals surface area contributed by atoms with Crippen molar-refractivity contribution in [3.05, 3.63) is 66.2 Å². The van der Waals surface area contributed by atoms with Crippen LogP contribution in [0, 0.1) is 0 Å². The summed E-state index contributed by atoms with van der Waals surface area (Å²) in [5.41, 5.74) is 2.44. The van der Waals surface area contributed by atoms with Gasteiger partial charge in [0.1, 0.15) is 0 Å². The van der Waals surface area contributed by atoms with Crippen molar-refractivity contribution in [2.24, 2.45) is 0 Å². The lowest BCUT2D eigenvalue weighted by Crippen LogP contribution is -2.41. The smallest absolute Gasteiger partial charge is 0.266 e. The maximum Gasteiger partial charge on any atom is 0.266 e. The highest BCUT2D eigenvalue weighted by molar-refractivity contribution is 7.89. The standard InChI is InChI=1S/C20H20N2O5S/c1-3-27-18-11-9-16(13-19(18)26-2)20(23)21-22-28(24,25)17-10-8-14-6-4-5-7-15(14)12-17/h4-13,22H,3H2,1-2H3,(H,21,23). The average molecular weight is 400 g/mol. The van der Waals surface area contributed by atoms with E-state index in [1.54, 1.807) is 18.2 Å². The number of hydrogen-bond donors (Lipinski definition) is 2. The van der Waals surface area contributed by atoms with Crippen LogP contribution in [0.4, 0.5) is 0 Å². The van der Waals surface area contributed by atoms with Gasteiger partial charge in [0.2, 0.25) is 0 Å². The van der Waals surface area contributed by atoms with Crippen molar-refractivity contribution in [1.29, 1.82) is 0 Å². The fourth-order valence-electron chi connectivity index (χ4n) is 2.66. The molecule has 3 aromatic rings. The molecule has 0 radical (unpaired) electrons. The molecular weight excluding hydrogens is 380 g/mol. The number of nitrogens with one attached hydrogen (secondary N) is 2. The molecule has 0 unspecified atom stereocenters. The highest BCUT2D eigenvalue weighted by Gasteiger charge is 2.17. The van der Waals surface area contributed by atoms with Crippen LogP contribution in [0.1, 0.15) is 17.3 Å². The van der Waals surface area contributed by atoms with E-state index in [0.717, 1.165) is 10.8 Å². The number of carbonyl (C=O) groups excluding carboxylic acids is 1. The fourth-order valence-corrected chi connectivity index (χ4v) is 3.54. The van der Waals surface area contributed by atoms with E-state index in [-0.39, 0.29) is 10.5 Å². The van der Waals surface area contributed by atoms with Crippen molar-refractivity contribution in [2.75, 3.05) is 13.7 Å². The summed E-state index contributed by atoms with van der Waals surface area (Å²) in [5.74, 6) is 0.260. The van der Waals surface area contributed by atoms with E-state index in [2.05, 4.69) is 10.3 Å². The molecule has 0 bridgehead atoms. The largest absolute Gasteiger partial charge is 0.493 e. The summed E-state index contributed by atoms with van der Waals surface area (Å²) in [6.07, 6.45) is 0. The van der Waals surface area contributed by atoms with Gasteiger partial charge in [0.25, 0.3) is 15.9 Å². The number of hydrazine groups is 1. The molecule has 0 fully saturated rings. The minimum absolute atomic E-state index is 0.0516. The van der Waals surface area contributed by atoms with Gasteiger partial charge in [0.15, 0.2) is 11.5 Å². The summed E-state index contributed by atoms with van der Waals surface area (Å²) in [6.45, 7) is 2.29. The molecule has 0 aromatic heterocycles. The molecule has 28 heavy (non-hydrogen) atoms. The minimum Gasteiger partial charge on any atom is -0.493 e. The van der Waals surface area contributed by atoms with Gasteiger partial charge < -0.3 is 9.47 Å². The van der Waals surface area contributed by atoms with E-state index in [0.29, 0.717) is 18.1 Å². The summed E-state index contributed by atoms with van der Waals surface area (Å²) < 4.78 is 35.6. The zero-order valence-corrected chi connectivity index (χ0v) is 16.2. The zero-order valence-electron chi connectivity index (χ0n) is 15.4. The SMILES string of the molecule is CCOc1ccc(C(=O)NNS(=O)(=O)c2ccc3ccccc3c2)cc1OC. The number of benzene rings is 3. The molecule has 0 aliphatic rings. The van der Waals surface area contributed by atoms with Crippen molar-refractivity contribution in [3.8, 4) is 11.5 Å². The van der Waals surface area contributed by atoms with E-state index in [4.69, 9.17) is 9.47 Å². The van der Waals surface area contributed by atoms with Crippen LogP contribution in [0.15, 0.2) is 65.6 Å². The molecule has 8 heteroatoms. The Morgan fingerprint density at radius 1 is 0.964 bits per heavy atom. The van der Waals surface area contributed by atoms with E-state index < -0.39 is 15.9 Å². The number of sulfonamides is 1. The number of fused-ring (bicyclic) bond motifs is 1. The maximum atomic E-state index is 12.5. The third kappa shape index (κ3) is 4.24. The van der Waals surface area contributed by atoms with Gasteiger partial charge in [-0.2, -0.15) is 0 Å². The number of carbonyl (C=O) groups is 1. The van der Waals surface area contributed by atoms with Gasteiger partial charge in [0.05, 0.1) is 18.6 Å². The third-order valence-electron chi connectivity index (χ3n) is 4.06. The zero-order chi connectivity index (χ0) is 20.1. The van der Waals surface area contributed by atoms with Crippen LogP contribution in [0.5, 0.6) is 11.5 Å². The summed E-state index contributed by atoms with van der Waals surface area (Å²) in [4.78, 5) is 14.5. The normalized spacial score (nSPS) is 11.2. The van der Waals surface area contributed by atoms with Crippen LogP contribution in [0.25, 0.3) is 10.8 Å². The van der Waals surface area contributed by atoms with Crippen LogP contribution in [-0.4, -0.2) is 28.0 Å². The molecule has 2 N–H and O–H groups in total. The number of hydrogen-bond acceptors (Lipinski definition) is 5. The van der Waals surface area contributed by atoms with E-state index in [1.165, 1.54) is 25.3 Å². The summed E-state index contributed by atoms with van der Waals surface area (Å²) in [7, 11) is -2.46. The van der Waals surface area contributed by atoms with Gasteiger partial charge in [0, 0.05) is 5.56 Å². The second-order valence-corrected chi connectivity index (χ2v) is 7.55. The lowest BCUT2D eigenvalue weighted by molar-refractivity contribution is 0.0944. The molecule has 3 aromatic carbocycles. The van der Waals surface area contributed by atoms with Gasteiger partial charge in [-0.15, -0.1) is 4.83 Å². The average Bonchev–Trinajstić information content (AvgIpc) is 2.72. The Balaban J connectivity index is 1.75. The van der Waals surface area contributed by atoms with Gasteiger partial charge in [-0.25, -0.2) is 8.42 Å².